The van der Waals surface area contributed by atoms with Gasteiger partial charge in [0.05, 0.1) is 18.7 Å². The minimum absolute atomic E-state index is 0.258. The smallest absolute Gasteiger partial charge is 0.264 e. The molecule has 2 heterocycles. The molecule has 146 valence electrons. The lowest BCUT2D eigenvalue weighted by Gasteiger charge is -2.23. The van der Waals surface area contributed by atoms with Gasteiger partial charge in [-0.2, -0.15) is 0 Å². The largest absolute Gasteiger partial charge is 0.375 e. The number of anilines is 1. The summed E-state index contributed by atoms with van der Waals surface area (Å²) in [5.74, 6) is -0.883. The van der Waals surface area contributed by atoms with E-state index in [1.807, 2.05) is 12.1 Å². The average Bonchev–Trinajstić information content (AvgIpc) is 2.92. The highest BCUT2D eigenvalue weighted by Gasteiger charge is 2.51. The highest BCUT2D eigenvalue weighted by atomic mass is 79.9. The van der Waals surface area contributed by atoms with Gasteiger partial charge in [0.1, 0.15) is 0 Å². The Bertz CT molecular complexity index is 1090. The van der Waals surface area contributed by atoms with Crippen LogP contribution in [0, 0.1) is 0 Å². The van der Waals surface area contributed by atoms with Crippen LogP contribution in [-0.4, -0.2) is 21.8 Å². The highest BCUT2D eigenvalue weighted by Crippen LogP contribution is 2.44. The molecule has 1 aromatic heterocycles. The van der Waals surface area contributed by atoms with E-state index in [1.54, 1.807) is 48.7 Å². The number of amides is 1. The van der Waals surface area contributed by atoms with Crippen molar-refractivity contribution in [3.63, 3.8) is 0 Å². The molecule has 0 radical (unpaired) electrons. The van der Waals surface area contributed by atoms with Crippen LogP contribution in [0.15, 0.2) is 71.5 Å². The molecule has 0 fully saturated rings. The lowest BCUT2D eigenvalue weighted by atomic mass is 9.88. The van der Waals surface area contributed by atoms with Crippen molar-refractivity contribution in [2.24, 2.45) is 0 Å². The molecule has 1 amide bonds. The topological polar surface area (TPSA) is 70.5 Å². The zero-order valence-electron chi connectivity index (χ0n) is 15.2. The summed E-state index contributed by atoms with van der Waals surface area (Å²) in [6, 6.07) is 15.7. The van der Waals surface area contributed by atoms with Crippen molar-refractivity contribution in [1.82, 2.24) is 4.98 Å². The summed E-state index contributed by atoms with van der Waals surface area (Å²) < 4.78 is 0.713. The summed E-state index contributed by atoms with van der Waals surface area (Å²) in [5.41, 5.74) is 0.247. The summed E-state index contributed by atoms with van der Waals surface area (Å²) in [6.07, 6.45) is 2.63. The van der Waals surface area contributed by atoms with Gasteiger partial charge < -0.3 is 10.0 Å². The minimum atomic E-state index is -1.95. The molecule has 1 N–H and O–H groups in total. The molecule has 0 spiro atoms. The Morgan fingerprint density at radius 2 is 1.93 bits per heavy atom. The first kappa shape index (κ1) is 19.8. The lowest BCUT2D eigenvalue weighted by Crippen LogP contribution is -2.41. The molecule has 0 unspecified atom stereocenters. The maximum absolute atomic E-state index is 13.3. The van der Waals surface area contributed by atoms with E-state index in [9.17, 15) is 14.7 Å². The van der Waals surface area contributed by atoms with Crippen molar-refractivity contribution in [3.8, 4) is 0 Å². The first-order valence-electron chi connectivity index (χ1n) is 8.90. The van der Waals surface area contributed by atoms with E-state index in [4.69, 9.17) is 11.6 Å². The van der Waals surface area contributed by atoms with Crippen LogP contribution in [-0.2, 0) is 16.9 Å². The van der Waals surface area contributed by atoms with Gasteiger partial charge in [-0.1, -0.05) is 39.7 Å². The molecule has 29 heavy (non-hydrogen) atoms. The summed E-state index contributed by atoms with van der Waals surface area (Å²) in [7, 11) is 0. The van der Waals surface area contributed by atoms with Gasteiger partial charge in [-0.3, -0.25) is 14.6 Å². The number of fused-ring (bicyclic) bond motifs is 1. The van der Waals surface area contributed by atoms with Gasteiger partial charge in [0.25, 0.3) is 5.91 Å². The van der Waals surface area contributed by atoms with Crippen LogP contribution < -0.4 is 4.90 Å². The number of carbonyl (C=O) groups excluding carboxylic acids is 2. The third-order valence-electron chi connectivity index (χ3n) is 4.95. The second-order valence-corrected chi connectivity index (χ2v) is 8.23. The fourth-order valence-corrected chi connectivity index (χ4v) is 3.97. The standard InChI is InChI=1S/C22H16BrClN2O3/c23-16-5-8-19-18(10-16)22(29,11-20(27)15-2-1-9-25-12-15)21(28)26(19)13-14-3-6-17(24)7-4-14/h1-10,12,29H,11,13H2/t22-/m0/s1. The molecule has 0 saturated carbocycles. The van der Waals surface area contributed by atoms with E-state index < -0.39 is 11.5 Å². The Balaban J connectivity index is 1.71. The van der Waals surface area contributed by atoms with Crippen molar-refractivity contribution < 1.29 is 14.7 Å². The number of aromatic nitrogens is 1. The normalized spacial score (nSPS) is 18.0. The van der Waals surface area contributed by atoms with Crippen LogP contribution >= 0.6 is 27.5 Å². The molecule has 2 aromatic carbocycles. The second-order valence-electron chi connectivity index (χ2n) is 6.88. The molecule has 3 aromatic rings. The number of benzene rings is 2. The summed E-state index contributed by atoms with van der Waals surface area (Å²) in [5, 5.41) is 12.0. The van der Waals surface area contributed by atoms with E-state index in [-0.39, 0.29) is 18.7 Å². The van der Waals surface area contributed by atoms with E-state index in [2.05, 4.69) is 20.9 Å². The number of aliphatic hydroxyl groups is 1. The van der Waals surface area contributed by atoms with E-state index in [0.29, 0.717) is 26.3 Å². The Morgan fingerprint density at radius 3 is 2.62 bits per heavy atom. The number of rotatable bonds is 5. The SMILES string of the molecule is O=C(C[C@@]1(O)C(=O)N(Cc2ccc(Cl)cc2)c2ccc(Br)cc21)c1cccnc1. The van der Waals surface area contributed by atoms with Gasteiger partial charge in [-0.25, -0.2) is 0 Å². The van der Waals surface area contributed by atoms with Gasteiger partial charge in [0.15, 0.2) is 11.4 Å². The molecular formula is C22H16BrClN2O3. The van der Waals surface area contributed by atoms with Crippen LogP contribution in [0.25, 0.3) is 0 Å². The summed E-state index contributed by atoms with van der Waals surface area (Å²) in [6.45, 7) is 0.258. The molecule has 7 heteroatoms. The number of Topliss-reactive ketones (excluding diaryl/α,β-unsaturated/α-hetero) is 1. The Kier molecular flexibility index (Phi) is 5.25. The monoisotopic (exact) mass is 470 g/mol. The Hall–Kier alpha value is -2.54. The van der Waals surface area contributed by atoms with Gasteiger partial charge in [0.2, 0.25) is 0 Å². The predicted molar refractivity (Wildman–Crippen MR) is 114 cm³/mol. The molecule has 1 atom stereocenters. The zero-order chi connectivity index (χ0) is 20.6. The van der Waals surface area contributed by atoms with Crippen LogP contribution in [0.2, 0.25) is 5.02 Å². The molecule has 0 aliphatic carbocycles. The Morgan fingerprint density at radius 1 is 1.17 bits per heavy atom. The van der Waals surface area contributed by atoms with E-state index in [0.717, 1.165) is 5.56 Å². The molecule has 5 nitrogen and oxygen atoms in total. The fraction of sp³-hybridized carbons (Fsp3) is 0.136. The summed E-state index contributed by atoms with van der Waals surface area (Å²) >= 11 is 9.34. The van der Waals surface area contributed by atoms with Gasteiger partial charge >= 0.3 is 0 Å². The van der Waals surface area contributed by atoms with Gasteiger partial charge in [0, 0.05) is 33.0 Å². The van der Waals surface area contributed by atoms with Crippen molar-refractivity contribution in [2.45, 2.75) is 18.6 Å². The van der Waals surface area contributed by atoms with Crippen molar-refractivity contribution in [3.05, 3.63) is 93.2 Å². The molecular weight excluding hydrogens is 456 g/mol. The second kappa shape index (κ2) is 7.71. The van der Waals surface area contributed by atoms with Crippen LogP contribution in [0.3, 0.4) is 0 Å². The molecule has 0 bridgehead atoms. The number of hydrogen-bond acceptors (Lipinski definition) is 4. The molecule has 4 rings (SSSR count). The molecule has 0 saturated heterocycles. The number of pyridine rings is 1. The van der Waals surface area contributed by atoms with Crippen LogP contribution in [0.1, 0.15) is 27.9 Å². The highest BCUT2D eigenvalue weighted by molar-refractivity contribution is 9.10. The van der Waals surface area contributed by atoms with Crippen molar-refractivity contribution in [1.29, 1.82) is 0 Å². The van der Waals surface area contributed by atoms with Gasteiger partial charge in [-0.05, 0) is 48.0 Å². The van der Waals surface area contributed by atoms with Crippen molar-refractivity contribution >= 4 is 44.9 Å². The van der Waals surface area contributed by atoms with E-state index in [1.165, 1.54) is 11.1 Å². The van der Waals surface area contributed by atoms with Crippen molar-refractivity contribution in [2.75, 3.05) is 4.90 Å². The Labute approximate surface area is 181 Å². The number of halogens is 2. The third-order valence-corrected chi connectivity index (χ3v) is 5.69. The minimum Gasteiger partial charge on any atom is -0.375 e. The lowest BCUT2D eigenvalue weighted by molar-refractivity contribution is -0.136. The zero-order valence-corrected chi connectivity index (χ0v) is 17.5. The molecule has 1 aliphatic heterocycles. The first-order chi connectivity index (χ1) is 13.9. The third kappa shape index (κ3) is 3.71. The number of nitrogens with zero attached hydrogens (tertiary/aromatic N) is 2. The maximum atomic E-state index is 13.3. The quantitative estimate of drug-likeness (QED) is 0.556. The van der Waals surface area contributed by atoms with Gasteiger partial charge in [-0.15, -0.1) is 0 Å². The van der Waals surface area contributed by atoms with Crippen LogP contribution in [0.4, 0.5) is 5.69 Å². The maximum Gasteiger partial charge on any atom is 0.264 e. The number of hydrogen-bond donors (Lipinski definition) is 1. The molecule has 1 aliphatic rings. The van der Waals surface area contributed by atoms with E-state index >= 15 is 0 Å². The summed E-state index contributed by atoms with van der Waals surface area (Å²) in [4.78, 5) is 31.5. The average molecular weight is 472 g/mol. The number of ketones is 1. The fourth-order valence-electron chi connectivity index (χ4n) is 3.49. The van der Waals surface area contributed by atoms with Crippen LogP contribution in [0.5, 0.6) is 0 Å². The first-order valence-corrected chi connectivity index (χ1v) is 10.1. The number of carbonyl (C=O) groups is 2. The predicted octanol–water partition coefficient (Wildman–Crippen LogP) is 4.50.